The summed E-state index contributed by atoms with van der Waals surface area (Å²) in [4.78, 5) is 18.4. The molecule has 1 aromatic carbocycles. The van der Waals surface area contributed by atoms with Crippen molar-refractivity contribution in [1.82, 2.24) is 19.6 Å². The fourth-order valence-electron chi connectivity index (χ4n) is 5.70. The van der Waals surface area contributed by atoms with Gasteiger partial charge in [0.05, 0.1) is 6.04 Å². The quantitative estimate of drug-likeness (QED) is 0.837. The van der Waals surface area contributed by atoms with Crippen LogP contribution in [0.1, 0.15) is 48.2 Å². The van der Waals surface area contributed by atoms with Gasteiger partial charge in [0.2, 0.25) is 0 Å². The fraction of sp³-hybridized carbons (Fsp3) is 0.545. The molecule has 4 aliphatic rings. The number of aryl methyl sites for hydroxylation is 1. The monoisotopic (exact) mass is 364 g/mol. The first-order valence-electron chi connectivity index (χ1n) is 10.4. The van der Waals surface area contributed by atoms with Gasteiger partial charge < -0.3 is 4.90 Å². The fourth-order valence-corrected chi connectivity index (χ4v) is 5.70. The van der Waals surface area contributed by atoms with E-state index in [0.29, 0.717) is 23.9 Å². The predicted molar refractivity (Wildman–Crippen MR) is 105 cm³/mol. The van der Waals surface area contributed by atoms with Crippen LogP contribution in [-0.4, -0.2) is 57.2 Å². The van der Waals surface area contributed by atoms with Gasteiger partial charge in [0, 0.05) is 31.2 Å². The van der Waals surface area contributed by atoms with E-state index in [1.807, 2.05) is 10.7 Å². The van der Waals surface area contributed by atoms with Crippen LogP contribution in [0.2, 0.25) is 0 Å². The zero-order valence-corrected chi connectivity index (χ0v) is 16.0. The molecule has 0 spiro atoms. The molecule has 5 heterocycles. The summed E-state index contributed by atoms with van der Waals surface area (Å²) in [6, 6.07) is 13.5. The van der Waals surface area contributed by atoms with E-state index in [1.54, 1.807) is 6.20 Å². The maximum Gasteiger partial charge on any atom is 0.272 e. The molecular formula is C22H28N4O. The lowest BCUT2D eigenvalue weighted by Gasteiger charge is -2.51. The molecule has 2 aromatic rings. The summed E-state index contributed by atoms with van der Waals surface area (Å²) < 4.78 is 1.88. The minimum absolute atomic E-state index is 0.170. The van der Waals surface area contributed by atoms with Crippen LogP contribution in [0.15, 0.2) is 42.6 Å². The second kappa shape index (κ2) is 6.79. The van der Waals surface area contributed by atoms with Crippen molar-refractivity contribution >= 4 is 5.91 Å². The van der Waals surface area contributed by atoms with Gasteiger partial charge in [-0.25, -0.2) is 0 Å². The van der Waals surface area contributed by atoms with Crippen molar-refractivity contribution in [2.75, 3.05) is 19.6 Å². The van der Waals surface area contributed by atoms with Crippen LogP contribution in [0.5, 0.6) is 0 Å². The molecule has 0 saturated carbocycles. The first-order chi connectivity index (χ1) is 13.3. The minimum Gasteiger partial charge on any atom is -0.332 e. The maximum absolute atomic E-state index is 13.6. The molecule has 0 unspecified atom stereocenters. The third-order valence-electron chi connectivity index (χ3n) is 6.85. The van der Waals surface area contributed by atoms with Gasteiger partial charge in [-0.15, -0.1) is 0 Å². The molecule has 4 fully saturated rings. The predicted octanol–water partition coefficient (Wildman–Crippen LogP) is 3.00. The third kappa shape index (κ3) is 2.71. The molecule has 0 N–H and O–H groups in total. The van der Waals surface area contributed by atoms with Crippen molar-refractivity contribution in [3.63, 3.8) is 0 Å². The number of fused-ring (bicyclic) bond motifs is 2. The Morgan fingerprint density at radius 1 is 1.11 bits per heavy atom. The molecule has 4 saturated heterocycles. The Bertz CT molecular complexity index is 809. The van der Waals surface area contributed by atoms with Crippen LogP contribution in [0.25, 0.3) is 0 Å². The van der Waals surface area contributed by atoms with Crippen molar-refractivity contribution in [3.05, 3.63) is 53.9 Å². The Kier molecular flexibility index (Phi) is 4.27. The van der Waals surface area contributed by atoms with Gasteiger partial charge in [0.15, 0.2) is 0 Å². The number of hydrogen-bond acceptors (Lipinski definition) is 3. The molecule has 4 aliphatic heterocycles. The molecule has 27 heavy (non-hydrogen) atoms. The summed E-state index contributed by atoms with van der Waals surface area (Å²) >= 11 is 0. The summed E-state index contributed by atoms with van der Waals surface area (Å²) in [5, 5.41) is 4.39. The van der Waals surface area contributed by atoms with Gasteiger partial charge in [-0.1, -0.05) is 37.3 Å². The zero-order chi connectivity index (χ0) is 18.4. The molecule has 0 aliphatic carbocycles. The number of nitrogens with zero attached hydrogens (tertiary/aromatic N) is 4. The van der Waals surface area contributed by atoms with Crippen molar-refractivity contribution in [2.45, 2.75) is 50.7 Å². The first-order valence-corrected chi connectivity index (χ1v) is 10.4. The van der Waals surface area contributed by atoms with Crippen LogP contribution >= 0.6 is 0 Å². The Hall–Kier alpha value is -2.14. The van der Waals surface area contributed by atoms with Crippen molar-refractivity contribution in [2.24, 2.45) is 5.92 Å². The molecule has 142 valence electrons. The summed E-state index contributed by atoms with van der Waals surface area (Å²) in [7, 11) is 0. The van der Waals surface area contributed by atoms with E-state index in [9.17, 15) is 4.79 Å². The number of piperidine rings is 3. The molecule has 2 bridgehead atoms. The van der Waals surface area contributed by atoms with Crippen LogP contribution in [0, 0.1) is 5.92 Å². The topological polar surface area (TPSA) is 41.4 Å². The van der Waals surface area contributed by atoms with E-state index in [4.69, 9.17) is 0 Å². The molecule has 6 rings (SSSR count). The lowest BCUT2D eigenvalue weighted by atomic mass is 9.75. The lowest BCUT2D eigenvalue weighted by Crippen LogP contribution is -2.60. The normalized spacial score (nSPS) is 31.9. The molecular weight excluding hydrogens is 336 g/mol. The Morgan fingerprint density at radius 2 is 1.89 bits per heavy atom. The summed E-state index contributed by atoms with van der Waals surface area (Å²) in [5.41, 5.74) is 2.12. The maximum atomic E-state index is 13.6. The highest BCUT2D eigenvalue weighted by Crippen LogP contribution is 2.46. The molecule has 0 radical (unpaired) electrons. The van der Waals surface area contributed by atoms with E-state index in [2.05, 4.69) is 52.2 Å². The highest BCUT2D eigenvalue weighted by Gasteiger charge is 2.54. The highest BCUT2D eigenvalue weighted by molar-refractivity contribution is 5.93. The first kappa shape index (κ1) is 17.0. The van der Waals surface area contributed by atoms with Gasteiger partial charge in [-0.2, -0.15) is 5.10 Å². The zero-order valence-electron chi connectivity index (χ0n) is 16.0. The van der Waals surface area contributed by atoms with Crippen LogP contribution in [0.4, 0.5) is 0 Å². The average Bonchev–Trinajstić information content (AvgIpc) is 3.35. The molecule has 1 aromatic heterocycles. The van der Waals surface area contributed by atoms with Gasteiger partial charge in [0.25, 0.3) is 5.91 Å². The summed E-state index contributed by atoms with van der Waals surface area (Å²) in [6.07, 6.45) is 5.19. The number of aromatic nitrogens is 2. The molecule has 1 amide bonds. The second-order valence-corrected chi connectivity index (χ2v) is 8.27. The SMILES string of the molecule is CCCn1nccc1C(=O)N1C[C@H](c2ccccc2)[C@@H]2[C@H]1C1CCN2CC1. The van der Waals surface area contributed by atoms with Crippen LogP contribution in [0.3, 0.4) is 0 Å². The largest absolute Gasteiger partial charge is 0.332 e. The van der Waals surface area contributed by atoms with E-state index in [-0.39, 0.29) is 5.91 Å². The number of likely N-dealkylation sites (tertiary alicyclic amines) is 1. The van der Waals surface area contributed by atoms with E-state index >= 15 is 0 Å². The molecule has 5 nitrogen and oxygen atoms in total. The van der Waals surface area contributed by atoms with Gasteiger partial charge in [-0.05, 0) is 49.9 Å². The Morgan fingerprint density at radius 3 is 2.63 bits per heavy atom. The number of rotatable bonds is 4. The standard InChI is InChI=1S/C22H28N4O/c1-2-12-26-19(8-11-23-26)22(27)25-15-18(16-6-4-3-5-7-16)21-20(25)17-9-13-24(21)14-10-17/h3-8,11,17-18,20-21H,2,9-10,12-15H2,1H3/t18-,20-,21-/m1/s1. The van der Waals surface area contributed by atoms with Gasteiger partial charge >= 0.3 is 0 Å². The number of benzene rings is 1. The highest BCUT2D eigenvalue weighted by atomic mass is 16.2. The van der Waals surface area contributed by atoms with Crippen molar-refractivity contribution in [1.29, 1.82) is 0 Å². The molecule has 3 atom stereocenters. The minimum atomic E-state index is 0.170. The van der Waals surface area contributed by atoms with Crippen LogP contribution < -0.4 is 0 Å². The van der Waals surface area contributed by atoms with Crippen LogP contribution in [-0.2, 0) is 6.54 Å². The van der Waals surface area contributed by atoms with Gasteiger partial charge in [-0.3, -0.25) is 14.4 Å². The van der Waals surface area contributed by atoms with Gasteiger partial charge in [0.1, 0.15) is 5.69 Å². The second-order valence-electron chi connectivity index (χ2n) is 8.27. The third-order valence-corrected chi connectivity index (χ3v) is 6.85. The summed E-state index contributed by atoms with van der Waals surface area (Å²) in [5.74, 6) is 1.22. The number of hydrogen-bond donors (Lipinski definition) is 0. The number of amides is 1. The number of carbonyl (C=O) groups is 1. The lowest BCUT2D eigenvalue weighted by molar-refractivity contribution is -0.00376. The summed E-state index contributed by atoms with van der Waals surface area (Å²) in [6.45, 7) is 6.12. The Labute approximate surface area is 161 Å². The smallest absolute Gasteiger partial charge is 0.272 e. The van der Waals surface area contributed by atoms with Crippen molar-refractivity contribution in [3.8, 4) is 0 Å². The van der Waals surface area contributed by atoms with E-state index < -0.39 is 0 Å². The Balaban J connectivity index is 1.51. The van der Waals surface area contributed by atoms with Crippen molar-refractivity contribution < 1.29 is 4.79 Å². The molecule has 5 heteroatoms. The number of carbonyl (C=O) groups excluding carboxylic acids is 1. The van der Waals surface area contributed by atoms with E-state index in [0.717, 1.165) is 25.2 Å². The average molecular weight is 364 g/mol. The van der Waals surface area contributed by atoms with E-state index in [1.165, 1.54) is 31.5 Å².